The van der Waals surface area contributed by atoms with Gasteiger partial charge < -0.3 is 24.4 Å². The van der Waals surface area contributed by atoms with Crippen LogP contribution in [-0.4, -0.2) is 65.1 Å². The summed E-state index contributed by atoms with van der Waals surface area (Å²) in [6.07, 6.45) is 2.40. The number of ketones is 1. The molecule has 9 nitrogen and oxygen atoms in total. The first-order chi connectivity index (χ1) is 22.5. The summed E-state index contributed by atoms with van der Waals surface area (Å²) in [6.45, 7) is 10.6. The van der Waals surface area contributed by atoms with Crippen LogP contribution in [0.3, 0.4) is 0 Å². The molecule has 1 aromatic heterocycles. The number of carbonyl (C=O) groups excluding carboxylic acids is 3. The van der Waals surface area contributed by atoms with Crippen molar-refractivity contribution in [2.45, 2.75) is 116 Å². The summed E-state index contributed by atoms with van der Waals surface area (Å²) < 4.78 is 50.5. The van der Waals surface area contributed by atoms with Gasteiger partial charge in [-0.15, -0.1) is 0 Å². The van der Waals surface area contributed by atoms with Crippen LogP contribution in [0.15, 0.2) is 24.3 Å². The number of nitrogens with one attached hydrogen (secondary N) is 1. The van der Waals surface area contributed by atoms with E-state index in [1.54, 1.807) is 25.1 Å². The number of hydrogen-bond donors (Lipinski definition) is 1. The lowest BCUT2D eigenvalue weighted by molar-refractivity contribution is -0.141. The monoisotopic (exact) mass is 669 g/mol. The van der Waals surface area contributed by atoms with Crippen LogP contribution in [0.4, 0.5) is 13.6 Å². The molecule has 1 aromatic carbocycles. The molecule has 2 aliphatic heterocycles. The number of benzene rings is 1. The van der Waals surface area contributed by atoms with Gasteiger partial charge in [0.25, 0.3) is 5.92 Å². The number of fused-ring (bicyclic) bond motifs is 7. The van der Waals surface area contributed by atoms with Crippen LogP contribution in [0.1, 0.15) is 92.1 Å². The van der Waals surface area contributed by atoms with E-state index in [1.165, 1.54) is 25.0 Å². The molecule has 262 valence electrons. The fourth-order valence-electron chi connectivity index (χ4n) is 8.83. The highest BCUT2D eigenvalue weighted by Gasteiger charge is 2.57. The maximum absolute atomic E-state index is 16.3. The zero-order valence-electron chi connectivity index (χ0n) is 29.1. The van der Waals surface area contributed by atoms with Crippen molar-refractivity contribution in [2.75, 3.05) is 13.7 Å². The molecular weight excluding hydrogens is 620 g/mol. The number of hydrogen-bond acceptors (Lipinski definition) is 7. The molecule has 1 saturated heterocycles. The molecule has 4 aliphatic rings. The first-order valence-corrected chi connectivity index (χ1v) is 17.4. The lowest BCUT2D eigenvalue weighted by Crippen LogP contribution is -2.58. The summed E-state index contributed by atoms with van der Waals surface area (Å²) in [6, 6.07) is 4.61. The Morgan fingerprint density at radius 1 is 1.12 bits per heavy atom. The van der Waals surface area contributed by atoms with Crippen molar-refractivity contribution in [3.63, 3.8) is 0 Å². The van der Waals surface area contributed by atoms with Crippen molar-refractivity contribution >= 4 is 28.7 Å². The Balaban J connectivity index is 1.43. The fourth-order valence-corrected chi connectivity index (χ4v) is 8.83. The van der Waals surface area contributed by atoms with E-state index in [-0.39, 0.29) is 36.1 Å². The normalized spacial score (nSPS) is 33.9. The van der Waals surface area contributed by atoms with E-state index < -0.39 is 59.5 Å². The molecule has 2 bridgehead atoms. The van der Waals surface area contributed by atoms with Crippen LogP contribution in [0.5, 0.6) is 11.6 Å². The first-order valence-electron chi connectivity index (χ1n) is 17.4. The Morgan fingerprint density at radius 3 is 2.52 bits per heavy atom. The minimum atomic E-state index is -3.26. The zero-order chi connectivity index (χ0) is 34.8. The second-order valence-corrected chi connectivity index (χ2v) is 15.9. The van der Waals surface area contributed by atoms with E-state index in [9.17, 15) is 14.4 Å². The third kappa shape index (κ3) is 6.22. The molecular formula is C37H49F2N3O6. The average molecular weight is 670 g/mol. The van der Waals surface area contributed by atoms with Gasteiger partial charge >= 0.3 is 6.09 Å². The van der Waals surface area contributed by atoms with Crippen LogP contribution < -0.4 is 14.8 Å². The van der Waals surface area contributed by atoms with Crippen molar-refractivity contribution in [1.29, 1.82) is 0 Å². The molecule has 2 aliphatic carbocycles. The molecule has 1 N–H and O–H groups in total. The van der Waals surface area contributed by atoms with E-state index in [0.29, 0.717) is 47.8 Å². The van der Waals surface area contributed by atoms with Crippen LogP contribution in [0, 0.1) is 29.1 Å². The summed E-state index contributed by atoms with van der Waals surface area (Å²) in [5.74, 6) is -3.35. The number of alkyl carbamates (subject to hydrolysis) is 1. The van der Waals surface area contributed by atoms with Gasteiger partial charge in [-0.1, -0.05) is 34.1 Å². The van der Waals surface area contributed by atoms with Gasteiger partial charge in [0.1, 0.15) is 23.5 Å². The van der Waals surface area contributed by atoms with Gasteiger partial charge in [-0.05, 0) is 81.4 Å². The number of aromatic nitrogens is 1. The number of pyridine rings is 1. The number of Topliss-reactive ketones (excluding diaryl/α,β-unsaturated/α-hetero) is 1. The standard InChI is InChI=1S/C37H49F2N3O6/c1-20-29-19-42(30(20)21(2)43)33(44)31(35(3,4)5)41-34(45)48-36(6)18-23-12-14-25(23)26(36)10-8-9-15-37(38,39)27-16-22-11-13-24(46-7)17-28(22)40-32(27)47-29/h11,13,16-17,20,23,25-26,29-31H,8-10,12,14-15,18-19H2,1-7H3,(H,41,45)/t20-,23?,25?,26-,29+,30+,31-,36-/m1/s1. The van der Waals surface area contributed by atoms with Gasteiger partial charge in [0, 0.05) is 29.7 Å². The molecule has 0 spiro atoms. The van der Waals surface area contributed by atoms with Crippen molar-refractivity contribution in [3.05, 3.63) is 29.8 Å². The number of methoxy groups -OCH3 is 1. The zero-order valence-corrected chi connectivity index (χ0v) is 29.1. The Bertz CT molecular complexity index is 1590. The van der Waals surface area contributed by atoms with Gasteiger partial charge in [-0.3, -0.25) is 9.59 Å². The molecule has 0 radical (unpaired) electrons. The van der Waals surface area contributed by atoms with E-state index in [0.717, 1.165) is 12.8 Å². The maximum atomic E-state index is 16.3. The number of halogens is 2. The Hall–Kier alpha value is -3.50. The average Bonchev–Trinajstić information content (AvgIpc) is 3.41. The quantitative estimate of drug-likeness (QED) is 0.366. The van der Waals surface area contributed by atoms with Crippen LogP contribution >= 0.6 is 0 Å². The van der Waals surface area contributed by atoms with Gasteiger partial charge in [0.2, 0.25) is 11.8 Å². The highest BCUT2D eigenvalue weighted by Crippen LogP contribution is 2.58. The lowest BCUT2D eigenvalue weighted by Gasteiger charge is -2.38. The van der Waals surface area contributed by atoms with Crippen molar-refractivity contribution < 1.29 is 37.4 Å². The van der Waals surface area contributed by atoms with Gasteiger partial charge in [-0.2, -0.15) is 0 Å². The van der Waals surface area contributed by atoms with Crippen molar-refractivity contribution in [3.8, 4) is 11.6 Å². The number of rotatable bonds is 2. The molecule has 11 heteroatoms. The molecule has 8 atom stereocenters. The minimum Gasteiger partial charge on any atom is -0.497 e. The predicted octanol–water partition coefficient (Wildman–Crippen LogP) is 7.04. The molecule has 3 heterocycles. The molecule has 2 amide bonds. The third-order valence-corrected chi connectivity index (χ3v) is 11.5. The summed E-state index contributed by atoms with van der Waals surface area (Å²) in [4.78, 5) is 47.1. The van der Waals surface area contributed by atoms with E-state index in [4.69, 9.17) is 14.2 Å². The number of nitrogens with zero attached hydrogens (tertiary/aromatic N) is 2. The molecule has 6 rings (SSSR count). The summed E-state index contributed by atoms with van der Waals surface area (Å²) in [7, 11) is 1.52. The van der Waals surface area contributed by atoms with E-state index >= 15 is 8.78 Å². The largest absolute Gasteiger partial charge is 0.497 e. The van der Waals surface area contributed by atoms with Crippen molar-refractivity contribution in [2.24, 2.45) is 29.1 Å². The number of ether oxygens (including phenoxy) is 3. The Kier molecular flexibility index (Phi) is 8.90. The number of amides is 2. The van der Waals surface area contributed by atoms with Crippen molar-refractivity contribution in [1.82, 2.24) is 15.2 Å². The van der Waals surface area contributed by atoms with Gasteiger partial charge in [0.05, 0.1) is 30.8 Å². The second-order valence-electron chi connectivity index (χ2n) is 15.9. The Labute approximate surface area is 281 Å². The van der Waals surface area contributed by atoms with Crippen LogP contribution in [-0.2, 0) is 20.2 Å². The minimum absolute atomic E-state index is 0.0387. The van der Waals surface area contributed by atoms with Crippen LogP contribution in [0.25, 0.3) is 10.9 Å². The smallest absolute Gasteiger partial charge is 0.408 e. The van der Waals surface area contributed by atoms with Gasteiger partial charge in [0.15, 0.2) is 5.78 Å². The SMILES string of the molecule is COc1ccc2cc3c(nc2c1)O[C@H]1CN(C(=O)[C@H](C(C)(C)C)NC(=O)O[C@]2(C)CC4CCC4[C@H]2CCCCC3(F)F)[C@H](C(C)=O)[C@@H]1C. The third-order valence-electron chi connectivity index (χ3n) is 11.5. The molecule has 3 fully saturated rings. The highest BCUT2D eigenvalue weighted by molar-refractivity contribution is 5.92. The Morgan fingerprint density at radius 2 is 1.88 bits per heavy atom. The molecule has 48 heavy (non-hydrogen) atoms. The molecule has 2 aromatic rings. The topological polar surface area (TPSA) is 107 Å². The highest BCUT2D eigenvalue weighted by atomic mass is 19.3. The van der Waals surface area contributed by atoms with E-state index in [1.807, 2.05) is 27.7 Å². The first kappa shape index (κ1) is 34.4. The number of carbonyl (C=O) groups is 3. The molecule has 2 saturated carbocycles. The fraction of sp³-hybridized carbons (Fsp3) is 0.676. The second kappa shape index (κ2) is 12.4. The summed E-state index contributed by atoms with van der Waals surface area (Å²) in [5.41, 5.74) is -1.39. The van der Waals surface area contributed by atoms with Crippen LogP contribution in [0.2, 0.25) is 0 Å². The number of alkyl halides is 2. The summed E-state index contributed by atoms with van der Waals surface area (Å²) in [5, 5.41) is 3.41. The summed E-state index contributed by atoms with van der Waals surface area (Å²) >= 11 is 0. The molecule has 2 unspecified atom stereocenters. The lowest BCUT2D eigenvalue weighted by atomic mass is 9.71. The predicted molar refractivity (Wildman–Crippen MR) is 176 cm³/mol. The van der Waals surface area contributed by atoms with Gasteiger partial charge in [-0.25, -0.2) is 18.6 Å². The van der Waals surface area contributed by atoms with E-state index in [2.05, 4.69) is 10.3 Å². The maximum Gasteiger partial charge on any atom is 0.408 e.